The third kappa shape index (κ3) is 6.20. The number of thioether (sulfide) groups is 1. The summed E-state index contributed by atoms with van der Waals surface area (Å²) in [5.74, 6) is 0.576. The zero-order valence-corrected chi connectivity index (χ0v) is 18.5. The predicted molar refractivity (Wildman–Crippen MR) is 112 cm³/mol. The quantitative estimate of drug-likeness (QED) is 0.724. The molecule has 1 heterocycles. The van der Waals surface area contributed by atoms with E-state index in [1.807, 2.05) is 7.05 Å². The minimum Gasteiger partial charge on any atom is -0.351 e. The Morgan fingerprint density at radius 1 is 1.19 bits per heavy atom. The number of amides is 1. The van der Waals surface area contributed by atoms with E-state index in [-0.39, 0.29) is 15.5 Å². The van der Waals surface area contributed by atoms with E-state index in [4.69, 9.17) is 0 Å². The Morgan fingerprint density at radius 2 is 1.81 bits per heavy atom. The second kappa shape index (κ2) is 8.94. The highest BCUT2D eigenvalue weighted by atomic mass is 32.2. The van der Waals surface area contributed by atoms with Crippen molar-refractivity contribution in [2.45, 2.75) is 37.3 Å². The summed E-state index contributed by atoms with van der Waals surface area (Å²) in [4.78, 5) is 14.8. The van der Waals surface area contributed by atoms with Gasteiger partial charge in [-0.3, -0.25) is 4.79 Å². The molecule has 1 amide bonds. The maximum Gasteiger partial charge on any atom is 0.251 e. The third-order valence-electron chi connectivity index (χ3n) is 4.45. The van der Waals surface area contributed by atoms with Gasteiger partial charge in [-0.2, -0.15) is 16.1 Å². The molecular formula is C19H31N3O3S2. The maximum atomic E-state index is 13.0. The van der Waals surface area contributed by atoms with Crippen LogP contribution in [0.4, 0.5) is 0 Å². The van der Waals surface area contributed by atoms with Gasteiger partial charge in [-0.1, -0.05) is 26.8 Å². The molecule has 2 rings (SSSR count). The summed E-state index contributed by atoms with van der Waals surface area (Å²) in [7, 11) is -1.61. The summed E-state index contributed by atoms with van der Waals surface area (Å²) < 4.78 is 27.7. The molecule has 0 radical (unpaired) electrons. The van der Waals surface area contributed by atoms with Gasteiger partial charge in [-0.05, 0) is 31.7 Å². The summed E-state index contributed by atoms with van der Waals surface area (Å²) >= 11 is 1.78. The van der Waals surface area contributed by atoms with Crippen molar-refractivity contribution in [3.8, 4) is 0 Å². The fourth-order valence-electron chi connectivity index (χ4n) is 2.81. The van der Waals surface area contributed by atoms with Crippen LogP contribution in [0.25, 0.3) is 0 Å². The molecule has 1 aliphatic rings. The lowest BCUT2D eigenvalue weighted by Gasteiger charge is -2.32. The van der Waals surface area contributed by atoms with Crippen molar-refractivity contribution < 1.29 is 13.2 Å². The zero-order valence-electron chi connectivity index (χ0n) is 16.9. The van der Waals surface area contributed by atoms with Gasteiger partial charge >= 0.3 is 0 Å². The summed E-state index contributed by atoms with van der Waals surface area (Å²) in [6.45, 7) is 11.1. The molecule has 27 heavy (non-hydrogen) atoms. The van der Waals surface area contributed by atoms with Crippen molar-refractivity contribution in [2.75, 3.05) is 45.5 Å². The first kappa shape index (κ1) is 22.2. The second-order valence-electron chi connectivity index (χ2n) is 7.90. The number of nitrogens with zero attached hydrogens (tertiary/aromatic N) is 2. The number of carbonyl (C=O) groups is 1. The molecule has 0 spiro atoms. The average molecular weight is 414 g/mol. The molecule has 0 aliphatic carbocycles. The number of hydrogen-bond donors (Lipinski definition) is 1. The molecule has 1 aliphatic heterocycles. The monoisotopic (exact) mass is 413 g/mol. The van der Waals surface area contributed by atoms with Crippen molar-refractivity contribution >= 4 is 27.7 Å². The normalized spacial score (nSPS) is 17.1. The van der Waals surface area contributed by atoms with Crippen LogP contribution in [0.5, 0.6) is 0 Å². The van der Waals surface area contributed by atoms with Gasteiger partial charge < -0.3 is 10.2 Å². The number of carbonyl (C=O) groups excluding carboxylic acids is 1. The summed E-state index contributed by atoms with van der Waals surface area (Å²) in [6.07, 6.45) is 0. The number of piperazine rings is 1. The first-order valence-corrected chi connectivity index (χ1v) is 11.6. The lowest BCUT2D eigenvalue weighted by molar-refractivity contribution is 0.0956. The first-order chi connectivity index (χ1) is 12.5. The third-order valence-corrected chi connectivity index (χ3v) is 7.77. The summed E-state index contributed by atoms with van der Waals surface area (Å²) in [6, 6.07) is 4.90. The molecule has 1 aromatic rings. The van der Waals surface area contributed by atoms with Crippen molar-refractivity contribution in [2.24, 2.45) is 0 Å². The molecule has 1 saturated heterocycles. The zero-order chi connectivity index (χ0) is 20.2. The first-order valence-electron chi connectivity index (χ1n) is 9.22. The highest BCUT2D eigenvalue weighted by molar-refractivity contribution is 8.00. The fourth-order valence-corrected chi connectivity index (χ4v) is 5.30. The van der Waals surface area contributed by atoms with Crippen LogP contribution in [0.3, 0.4) is 0 Å². The molecule has 0 atom stereocenters. The van der Waals surface area contributed by atoms with Crippen molar-refractivity contribution in [3.63, 3.8) is 0 Å². The molecule has 0 unspecified atom stereocenters. The van der Waals surface area contributed by atoms with Crippen molar-refractivity contribution in [1.82, 2.24) is 14.5 Å². The Bertz CT molecular complexity index is 765. The van der Waals surface area contributed by atoms with Gasteiger partial charge in [0.2, 0.25) is 10.0 Å². The van der Waals surface area contributed by atoms with E-state index in [0.717, 1.165) is 5.75 Å². The Hall–Kier alpha value is -1.09. The van der Waals surface area contributed by atoms with E-state index in [2.05, 4.69) is 31.0 Å². The molecule has 1 N–H and O–H groups in total. The Labute approximate surface area is 167 Å². The largest absolute Gasteiger partial charge is 0.351 e. The Morgan fingerprint density at radius 3 is 2.41 bits per heavy atom. The van der Waals surface area contributed by atoms with E-state index >= 15 is 0 Å². The number of hydrogen-bond acceptors (Lipinski definition) is 5. The summed E-state index contributed by atoms with van der Waals surface area (Å²) in [5.41, 5.74) is 1.04. The van der Waals surface area contributed by atoms with Crippen molar-refractivity contribution in [1.29, 1.82) is 0 Å². The SMILES string of the molecule is Cc1ccc(C(=O)NCCSC(C)(C)C)cc1S(=O)(=O)N1CCN(C)CC1. The van der Waals surface area contributed by atoms with Gasteiger partial charge in [0.25, 0.3) is 5.91 Å². The predicted octanol–water partition coefficient (Wildman–Crippen LogP) is 2.19. The molecule has 0 saturated carbocycles. The van der Waals surface area contributed by atoms with Gasteiger partial charge in [-0.25, -0.2) is 8.42 Å². The lowest BCUT2D eigenvalue weighted by atomic mass is 10.1. The molecule has 1 fully saturated rings. The topological polar surface area (TPSA) is 69.7 Å². The number of nitrogens with one attached hydrogen (secondary N) is 1. The van der Waals surface area contributed by atoms with Crippen molar-refractivity contribution in [3.05, 3.63) is 29.3 Å². The van der Waals surface area contributed by atoms with E-state index in [1.165, 1.54) is 10.4 Å². The fraction of sp³-hybridized carbons (Fsp3) is 0.632. The molecule has 1 aromatic carbocycles. The highest BCUT2D eigenvalue weighted by Gasteiger charge is 2.29. The maximum absolute atomic E-state index is 13.0. The van der Waals surface area contributed by atoms with Gasteiger partial charge in [-0.15, -0.1) is 0 Å². The van der Waals surface area contributed by atoms with Crippen LogP contribution in [0.2, 0.25) is 0 Å². The number of rotatable bonds is 6. The van der Waals surface area contributed by atoms with Crippen LogP contribution in [0.15, 0.2) is 23.1 Å². The van der Waals surface area contributed by atoms with Crippen LogP contribution in [-0.4, -0.2) is 73.8 Å². The standard InChI is InChI=1S/C19H31N3O3S2/c1-15-6-7-16(18(23)20-8-13-26-19(2,3)4)14-17(15)27(24,25)22-11-9-21(5)10-12-22/h6-7,14H,8-13H2,1-5H3,(H,20,23). The second-order valence-corrected chi connectivity index (χ2v) is 11.7. The Kier molecular flexibility index (Phi) is 7.35. The number of aryl methyl sites for hydroxylation is 1. The molecule has 0 aromatic heterocycles. The van der Waals surface area contributed by atoms with Gasteiger partial charge in [0.1, 0.15) is 0 Å². The van der Waals surface area contributed by atoms with E-state index in [9.17, 15) is 13.2 Å². The molecular weight excluding hydrogens is 382 g/mol. The summed E-state index contributed by atoms with van der Waals surface area (Å²) in [5, 5.41) is 2.88. The van der Waals surface area contributed by atoms with Gasteiger partial charge in [0.15, 0.2) is 0 Å². The minimum absolute atomic E-state index is 0.151. The Balaban J connectivity index is 2.10. The van der Waals surface area contributed by atoms with Crippen LogP contribution in [0.1, 0.15) is 36.7 Å². The average Bonchev–Trinajstić information content (AvgIpc) is 2.58. The van der Waals surface area contributed by atoms with Gasteiger partial charge in [0.05, 0.1) is 4.90 Å². The van der Waals surface area contributed by atoms with E-state index < -0.39 is 10.0 Å². The number of sulfonamides is 1. The highest BCUT2D eigenvalue weighted by Crippen LogP contribution is 2.23. The minimum atomic E-state index is -3.59. The molecule has 8 heteroatoms. The van der Waals surface area contributed by atoms with Crippen LogP contribution < -0.4 is 5.32 Å². The van der Waals surface area contributed by atoms with E-state index in [1.54, 1.807) is 30.8 Å². The smallest absolute Gasteiger partial charge is 0.251 e. The number of likely N-dealkylation sites (N-methyl/N-ethyl adjacent to an activating group) is 1. The molecule has 152 valence electrons. The van der Waals surface area contributed by atoms with Gasteiger partial charge in [0, 0.05) is 48.8 Å². The molecule has 0 bridgehead atoms. The van der Waals surface area contributed by atoms with Crippen LogP contribution in [0, 0.1) is 6.92 Å². The van der Waals surface area contributed by atoms with E-state index in [0.29, 0.717) is 43.9 Å². The lowest BCUT2D eigenvalue weighted by Crippen LogP contribution is -2.47. The van der Waals surface area contributed by atoms with Crippen LogP contribution in [-0.2, 0) is 10.0 Å². The van der Waals surface area contributed by atoms with Crippen LogP contribution >= 0.6 is 11.8 Å². The number of benzene rings is 1. The molecule has 6 nitrogen and oxygen atoms in total.